The number of carbonyl (C=O) groups excluding carboxylic acids is 2. The van der Waals surface area contributed by atoms with Gasteiger partial charge < -0.3 is 19.4 Å². The van der Waals surface area contributed by atoms with Gasteiger partial charge in [0.1, 0.15) is 6.61 Å². The van der Waals surface area contributed by atoms with Crippen LogP contribution in [0.5, 0.6) is 0 Å². The molecule has 2 aromatic rings. The van der Waals surface area contributed by atoms with Crippen molar-refractivity contribution in [2.75, 3.05) is 5.32 Å². The first-order valence-corrected chi connectivity index (χ1v) is 10.9. The van der Waals surface area contributed by atoms with Crippen molar-refractivity contribution in [3.8, 4) is 0 Å². The normalized spacial score (nSPS) is 16.8. The average Bonchev–Trinajstić information content (AvgIpc) is 2.93. The minimum absolute atomic E-state index is 0.00250. The smallest absolute Gasteiger partial charge is 0.461 e. The number of carbonyl (C=O) groups is 2. The van der Waals surface area contributed by atoms with E-state index >= 15 is 0 Å². The van der Waals surface area contributed by atoms with Crippen LogP contribution in [0.4, 0.5) is 5.69 Å². The number of anilines is 1. The van der Waals surface area contributed by atoms with Gasteiger partial charge in [-0.2, -0.15) is 0 Å². The van der Waals surface area contributed by atoms with E-state index in [2.05, 4.69) is 19.2 Å². The Labute approximate surface area is 190 Å². The zero-order valence-electron chi connectivity index (χ0n) is 19.9. The van der Waals surface area contributed by atoms with E-state index in [1.165, 1.54) is 12.5 Å². The monoisotopic (exact) mass is 437 g/mol. The number of esters is 1. The highest BCUT2D eigenvalue weighted by atomic mass is 16.7. The molecular weight excluding hydrogens is 405 g/mol. The molecular formula is C25H32BNO5. The fraction of sp³-hybridized carbons (Fsp3) is 0.440. The zero-order valence-corrected chi connectivity index (χ0v) is 19.9. The second-order valence-corrected chi connectivity index (χ2v) is 9.47. The van der Waals surface area contributed by atoms with Gasteiger partial charge in [-0.3, -0.25) is 9.59 Å². The molecule has 3 rings (SSSR count). The molecule has 1 aliphatic heterocycles. The first kappa shape index (κ1) is 24.0. The van der Waals surface area contributed by atoms with Gasteiger partial charge in [0.2, 0.25) is 0 Å². The van der Waals surface area contributed by atoms with Crippen LogP contribution in [0.1, 0.15) is 75.9 Å². The Kier molecular flexibility index (Phi) is 6.81. The molecule has 0 saturated carbocycles. The molecule has 1 N–H and O–H groups in total. The number of hydrogen-bond donors (Lipinski definition) is 1. The molecule has 0 atom stereocenters. The summed E-state index contributed by atoms with van der Waals surface area (Å²) in [6, 6.07) is 13.0. The van der Waals surface area contributed by atoms with Crippen molar-refractivity contribution >= 4 is 30.1 Å². The topological polar surface area (TPSA) is 73.9 Å². The summed E-state index contributed by atoms with van der Waals surface area (Å²) in [7, 11) is -0.646. The number of rotatable bonds is 6. The Balaban J connectivity index is 1.92. The summed E-state index contributed by atoms with van der Waals surface area (Å²) in [4.78, 5) is 24.5. The van der Waals surface area contributed by atoms with E-state index in [-0.39, 0.29) is 12.5 Å². The molecule has 1 aliphatic rings. The summed E-state index contributed by atoms with van der Waals surface area (Å²) < 4.78 is 17.7. The van der Waals surface area contributed by atoms with E-state index in [0.717, 1.165) is 5.46 Å². The van der Waals surface area contributed by atoms with Crippen LogP contribution in [0.15, 0.2) is 42.5 Å². The van der Waals surface area contributed by atoms with Crippen LogP contribution < -0.4 is 10.8 Å². The van der Waals surface area contributed by atoms with E-state index in [9.17, 15) is 9.59 Å². The second-order valence-electron chi connectivity index (χ2n) is 9.47. The van der Waals surface area contributed by atoms with Gasteiger partial charge in [-0.15, -0.1) is 0 Å². The number of nitrogens with one attached hydrogen (secondary N) is 1. The molecule has 0 aromatic heterocycles. The summed E-state index contributed by atoms with van der Waals surface area (Å²) in [5.74, 6) is -0.259. The van der Waals surface area contributed by atoms with Crippen LogP contribution in [0, 0.1) is 0 Å². The van der Waals surface area contributed by atoms with Gasteiger partial charge in [-0.05, 0) is 62.8 Å². The molecule has 1 saturated heterocycles. The predicted octanol–water partition coefficient (Wildman–Crippen LogP) is 4.42. The standard InChI is InChI=1S/C25H32BNO5/c1-16(2)18-11-13-19(14-12-18)23(29)27-22-10-8-9-21(20(22)15-30-17(3)28)26-31-24(4,5)25(6,7)32-26/h8-14,16H,15H2,1-7H3,(H,27,29). The van der Waals surface area contributed by atoms with Gasteiger partial charge in [0.25, 0.3) is 5.91 Å². The van der Waals surface area contributed by atoms with E-state index in [1.54, 1.807) is 6.07 Å². The molecule has 170 valence electrons. The van der Waals surface area contributed by atoms with Crippen molar-refractivity contribution in [3.05, 3.63) is 59.2 Å². The third-order valence-electron chi connectivity index (χ3n) is 6.23. The van der Waals surface area contributed by atoms with Crippen LogP contribution in [-0.2, 0) is 25.4 Å². The first-order chi connectivity index (χ1) is 14.9. The van der Waals surface area contributed by atoms with Crippen LogP contribution >= 0.6 is 0 Å². The maximum Gasteiger partial charge on any atom is 0.495 e. The zero-order chi connectivity index (χ0) is 23.7. The largest absolute Gasteiger partial charge is 0.495 e. The van der Waals surface area contributed by atoms with Crippen molar-refractivity contribution in [3.63, 3.8) is 0 Å². The summed E-state index contributed by atoms with van der Waals surface area (Å²) in [5, 5.41) is 2.96. The highest BCUT2D eigenvalue weighted by Crippen LogP contribution is 2.37. The highest BCUT2D eigenvalue weighted by Gasteiger charge is 2.52. The minimum Gasteiger partial charge on any atom is -0.461 e. The fourth-order valence-electron chi connectivity index (χ4n) is 3.46. The Morgan fingerprint density at radius 2 is 1.59 bits per heavy atom. The van der Waals surface area contributed by atoms with E-state index in [4.69, 9.17) is 14.0 Å². The van der Waals surface area contributed by atoms with Crippen molar-refractivity contribution in [1.82, 2.24) is 0 Å². The van der Waals surface area contributed by atoms with Crippen LogP contribution in [0.3, 0.4) is 0 Å². The summed E-state index contributed by atoms with van der Waals surface area (Å²) in [6.45, 7) is 13.5. The van der Waals surface area contributed by atoms with E-state index in [1.807, 2.05) is 64.1 Å². The Morgan fingerprint density at radius 3 is 2.12 bits per heavy atom. The number of ether oxygens (including phenoxy) is 1. The van der Waals surface area contributed by atoms with Gasteiger partial charge in [0.05, 0.1) is 11.2 Å². The van der Waals surface area contributed by atoms with E-state index in [0.29, 0.717) is 22.7 Å². The Hall–Kier alpha value is -2.64. The van der Waals surface area contributed by atoms with E-state index < -0.39 is 24.3 Å². The van der Waals surface area contributed by atoms with Gasteiger partial charge in [0, 0.05) is 23.7 Å². The maximum atomic E-state index is 12.9. The van der Waals surface area contributed by atoms with Gasteiger partial charge in [0.15, 0.2) is 0 Å². The average molecular weight is 437 g/mol. The number of amides is 1. The lowest BCUT2D eigenvalue weighted by Gasteiger charge is -2.32. The van der Waals surface area contributed by atoms with Crippen molar-refractivity contribution in [2.45, 2.75) is 72.2 Å². The lowest BCUT2D eigenvalue weighted by molar-refractivity contribution is -0.142. The molecule has 0 radical (unpaired) electrons. The quantitative estimate of drug-likeness (QED) is 0.535. The fourth-order valence-corrected chi connectivity index (χ4v) is 3.46. The van der Waals surface area contributed by atoms with Crippen molar-refractivity contribution in [2.24, 2.45) is 0 Å². The molecule has 32 heavy (non-hydrogen) atoms. The summed E-state index contributed by atoms with van der Waals surface area (Å²) in [6.07, 6.45) is 0. The molecule has 0 unspecified atom stereocenters. The molecule has 1 fully saturated rings. The number of benzene rings is 2. The lowest BCUT2D eigenvalue weighted by atomic mass is 9.75. The Bertz CT molecular complexity index is 982. The first-order valence-electron chi connectivity index (χ1n) is 10.9. The Morgan fingerprint density at radius 1 is 1.00 bits per heavy atom. The van der Waals surface area contributed by atoms with Gasteiger partial charge in [-0.1, -0.05) is 38.1 Å². The summed E-state index contributed by atoms with van der Waals surface area (Å²) in [5.41, 5.74) is 2.60. The van der Waals surface area contributed by atoms with Crippen LogP contribution in [0.25, 0.3) is 0 Å². The predicted molar refractivity (Wildman–Crippen MR) is 126 cm³/mol. The molecule has 0 bridgehead atoms. The lowest BCUT2D eigenvalue weighted by Crippen LogP contribution is -2.41. The third-order valence-corrected chi connectivity index (χ3v) is 6.23. The molecule has 6 nitrogen and oxygen atoms in total. The second kappa shape index (κ2) is 9.08. The molecule has 0 spiro atoms. The molecule has 0 aliphatic carbocycles. The van der Waals surface area contributed by atoms with Gasteiger partial charge >= 0.3 is 13.1 Å². The van der Waals surface area contributed by atoms with Crippen LogP contribution in [-0.4, -0.2) is 30.2 Å². The number of hydrogen-bond acceptors (Lipinski definition) is 5. The van der Waals surface area contributed by atoms with Crippen LogP contribution in [0.2, 0.25) is 0 Å². The molecule has 7 heteroatoms. The van der Waals surface area contributed by atoms with Gasteiger partial charge in [-0.25, -0.2) is 0 Å². The third kappa shape index (κ3) is 5.05. The molecule has 2 aromatic carbocycles. The SMILES string of the molecule is CC(=O)OCc1c(NC(=O)c2ccc(C(C)C)cc2)cccc1B1OC(C)(C)C(C)(C)O1. The van der Waals surface area contributed by atoms with Crippen molar-refractivity contribution < 1.29 is 23.6 Å². The molecule has 1 heterocycles. The molecule has 1 amide bonds. The summed E-state index contributed by atoms with van der Waals surface area (Å²) >= 11 is 0. The van der Waals surface area contributed by atoms with Crippen molar-refractivity contribution in [1.29, 1.82) is 0 Å². The minimum atomic E-state index is -0.646. The highest BCUT2D eigenvalue weighted by molar-refractivity contribution is 6.62. The maximum absolute atomic E-state index is 12.9.